The Balaban J connectivity index is 1.63. The number of Topliss-reactive ketones (excluding diaryl/α,β-unsaturated/α-hetero) is 1. The second kappa shape index (κ2) is 11.4. The molecule has 1 N–H and O–H groups in total. The molecule has 1 heterocycles. The number of nitrogens with zero attached hydrogens (tertiary/aromatic N) is 2. The lowest BCUT2D eigenvalue weighted by molar-refractivity contribution is -0.137. The van der Waals surface area contributed by atoms with Crippen LogP contribution in [0.3, 0.4) is 0 Å². The number of hydrogen-bond donors (Lipinski definition) is 1. The molecule has 30 heavy (non-hydrogen) atoms. The van der Waals surface area contributed by atoms with Crippen LogP contribution in [0.4, 0.5) is 0 Å². The molecule has 6 heteroatoms. The number of carbonyl (C=O) groups is 2. The van der Waals surface area contributed by atoms with Crippen LogP contribution >= 0.6 is 0 Å². The summed E-state index contributed by atoms with van der Waals surface area (Å²) in [6.07, 6.45) is 6.95. The molecule has 1 aromatic rings. The van der Waals surface area contributed by atoms with Gasteiger partial charge in [0.1, 0.15) is 0 Å². The van der Waals surface area contributed by atoms with E-state index in [4.69, 9.17) is 9.84 Å². The van der Waals surface area contributed by atoms with E-state index in [1.165, 1.54) is 0 Å². The molecule has 0 bridgehead atoms. The lowest BCUT2D eigenvalue weighted by Gasteiger charge is -2.38. The molecule has 0 amide bonds. The van der Waals surface area contributed by atoms with Crippen molar-refractivity contribution in [2.45, 2.75) is 50.9 Å². The minimum atomic E-state index is -0.755. The summed E-state index contributed by atoms with van der Waals surface area (Å²) in [5, 5.41) is 8.77. The number of carboxylic acids is 1. The maximum Gasteiger partial charge on any atom is 0.303 e. The first-order chi connectivity index (χ1) is 14.5. The van der Waals surface area contributed by atoms with E-state index in [0.29, 0.717) is 25.2 Å². The Kier molecular flexibility index (Phi) is 8.61. The van der Waals surface area contributed by atoms with Crippen LogP contribution in [0.15, 0.2) is 42.5 Å². The third-order valence-corrected chi connectivity index (χ3v) is 6.19. The van der Waals surface area contributed by atoms with Gasteiger partial charge in [-0.3, -0.25) is 14.5 Å². The van der Waals surface area contributed by atoms with Gasteiger partial charge in [-0.2, -0.15) is 0 Å². The average Bonchev–Trinajstić information content (AvgIpc) is 3.05. The van der Waals surface area contributed by atoms with Crippen molar-refractivity contribution < 1.29 is 19.4 Å². The molecule has 1 saturated carbocycles. The Morgan fingerprint density at radius 1 is 1.17 bits per heavy atom. The summed E-state index contributed by atoms with van der Waals surface area (Å²) in [6, 6.07) is 10.0. The Bertz CT molecular complexity index is 713. The predicted octanol–water partition coefficient (Wildman–Crippen LogP) is 2.98. The minimum Gasteiger partial charge on any atom is -0.481 e. The number of carbonyl (C=O) groups excluding carboxylic acids is 1. The Morgan fingerprint density at radius 2 is 1.90 bits per heavy atom. The van der Waals surface area contributed by atoms with E-state index in [1.54, 1.807) is 0 Å². The highest BCUT2D eigenvalue weighted by molar-refractivity contribution is 5.87. The molecule has 3 atom stereocenters. The van der Waals surface area contributed by atoms with Crippen LogP contribution in [0.25, 0.3) is 0 Å². The lowest BCUT2D eigenvalue weighted by atomic mass is 9.94. The van der Waals surface area contributed by atoms with E-state index in [2.05, 4.69) is 29.0 Å². The number of carboxylic acid groups (broad SMARTS) is 1. The number of unbranched alkanes of at least 4 members (excludes halogenated alkanes) is 1. The number of benzene rings is 1. The largest absolute Gasteiger partial charge is 0.481 e. The summed E-state index contributed by atoms with van der Waals surface area (Å²) in [6.45, 7) is 4.31. The number of allylic oxidation sites excluding steroid dienone is 2. The topological polar surface area (TPSA) is 70.1 Å². The fraction of sp³-hybridized carbons (Fsp3) is 0.583. The first kappa shape index (κ1) is 22.7. The maximum atomic E-state index is 13.0. The van der Waals surface area contributed by atoms with Crippen molar-refractivity contribution in [1.29, 1.82) is 0 Å². The summed E-state index contributed by atoms with van der Waals surface area (Å²) in [5.41, 5.74) is 1.12. The molecule has 6 nitrogen and oxygen atoms in total. The normalized spacial score (nSPS) is 25.9. The zero-order chi connectivity index (χ0) is 21.3. The van der Waals surface area contributed by atoms with Gasteiger partial charge in [0.2, 0.25) is 0 Å². The van der Waals surface area contributed by atoms with Crippen LogP contribution in [0, 0.1) is 5.92 Å². The molecule has 164 valence electrons. The minimum absolute atomic E-state index is 0.0777. The Labute approximate surface area is 179 Å². The summed E-state index contributed by atoms with van der Waals surface area (Å²) in [5.74, 6) is -0.323. The first-order valence-electron chi connectivity index (χ1n) is 11.0. The molecule has 2 aliphatic rings. The fourth-order valence-electron chi connectivity index (χ4n) is 4.47. The summed E-state index contributed by atoms with van der Waals surface area (Å²) in [4.78, 5) is 28.3. The molecule has 0 aromatic heterocycles. The van der Waals surface area contributed by atoms with E-state index in [0.717, 1.165) is 44.6 Å². The molecule has 1 aliphatic heterocycles. The van der Waals surface area contributed by atoms with Gasteiger partial charge in [0.15, 0.2) is 5.78 Å². The van der Waals surface area contributed by atoms with Gasteiger partial charge >= 0.3 is 5.97 Å². The van der Waals surface area contributed by atoms with Gasteiger partial charge in [0.05, 0.1) is 18.8 Å². The highest BCUT2D eigenvalue weighted by Gasteiger charge is 2.45. The number of hydrogen-bond acceptors (Lipinski definition) is 5. The van der Waals surface area contributed by atoms with E-state index >= 15 is 0 Å². The Morgan fingerprint density at radius 3 is 2.60 bits per heavy atom. The SMILES string of the molecule is CN1CCN([C@@H]2C(=O)C[C@@H](OCc3ccccc3)[C@H]2CC=CCCCC(=O)O)CC1. The third kappa shape index (κ3) is 6.49. The molecular weight excluding hydrogens is 380 g/mol. The van der Waals surface area contributed by atoms with E-state index in [-0.39, 0.29) is 24.5 Å². The molecule has 3 rings (SSSR count). The number of ether oxygens (including phenoxy) is 1. The second-order valence-electron chi connectivity index (χ2n) is 8.45. The predicted molar refractivity (Wildman–Crippen MR) is 116 cm³/mol. The fourth-order valence-corrected chi connectivity index (χ4v) is 4.47. The molecule has 0 spiro atoms. The monoisotopic (exact) mass is 414 g/mol. The van der Waals surface area contributed by atoms with Gasteiger partial charge in [-0.05, 0) is 31.9 Å². The third-order valence-electron chi connectivity index (χ3n) is 6.19. The van der Waals surface area contributed by atoms with Gasteiger partial charge in [0, 0.05) is 44.9 Å². The van der Waals surface area contributed by atoms with Crippen molar-refractivity contribution in [3.05, 3.63) is 48.0 Å². The Hall–Kier alpha value is -2.02. The maximum absolute atomic E-state index is 13.0. The summed E-state index contributed by atoms with van der Waals surface area (Å²) in [7, 11) is 2.12. The molecule has 2 fully saturated rings. The molecule has 1 aliphatic carbocycles. The highest BCUT2D eigenvalue weighted by Crippen LogP contribution is 2.34. The van der Waals surface area contributed by atoms with Crippen molar-refractivity contribution >= 4 is 11.8 Å². The molecule has 1 aromatic carbocycles. The molecule has 1 saturated heterocycles. The quantitative estimate of drug-likeness (QED) is 0.469. The van der Waals surface area contributed by atoms with Crippen LogP contribution in [-0.4, -0.2) is 72.0 Å². The van der Waals surface area contributed by atoms with Crippen LogP contribution < -0.4 is 0 Å². The van der Waals surface area contributed by atoms with Crippen LogP contribution in [-0.2, 0) is 20.9 Å². The van der Waals surface area contributed by atoms with E-state index < -0.39 is 5.97 Å². The number of piperazine rings is 1. The van der Waals surface area contributed by atoms with Crippen molar-refractivity contribution in [3.8, 4) is 0 Å². The zero-order valence-corrected chi connectivity index (χ0v) is 17.9. The van der Waals surface area contributed by atoms with E-state index in [9.17, 15) is 9.59 Å². The summed E-state index contributed by atoms with van der Waals surface area (Å²) >= 11 is 0. The highest BCUT2D eigenvalue weighted by atomic mass is 16.5. The lowest BCUT2D eigenvalue weighted by Crippen LogP contribution is -2.52. The van der Waals surface area contributed by atoms with Crippen LogP contribution in [0.1, 0.15) is 37.7 Å². The van der Waals surface area contributed by atoms with Gasteiger partial charge in [0.25, 0.3) is 0 Å². The van der Waals surface area contributed by atoms with Crippen molar-refractivity contribution in [3.63, 3.8) is 0 Å². The average molecular weight is 415 g/mol. The van der Waals surface area contributed by atoms with Crippen molar-refractivity contribution in [2.75, 3.05) is 33.2 Å². The standard InChI is InChI=1S/C24H34N2O4/c1-25-13-15-26(16-14-25)24-20(11-7-2-3-8-12-23(28)29)22(17-21(24)27)30-18-19-9-5-4-6-10-19/h2,4-7,9-10,20,22,24H,3,8,11-18H2,1H3,(H,28,29)/t20-,22-,24+/m1/s1. The zero-order valence-electron chi connectivity index (χ0n) is 17.9. The molecule has 0 radical (unpaired) electrons. The second-order valence-corrected chi connectivity index (χ2v) is 8.45. The number of likely N-dealkylation sites (N-methyl/N-ethyl adjacent to an activating group) is 1. The van der Waals surface area contributed by atoms with Gasteiger partial charge in [-0.1, -0.05) is 42.5 Å². The van der Waals surface area contributed by atoms with Crippen molar-refractivity contribution in [2.24, 2.45) is 5.92 Å². The molecule has 0 unspecified atom stereocenters. The number of rotatable bonds is 10. The van der Waals surface area contributed by atoms with Crippen LogP contribution in [0.2, 0.25) is 0 Å². The van der Waals surface area contributed by atoms with Gasteiger partial charge in [-0.25, -0.2) is 0 Å². The first-order valence-corrected chi connectivity index (χ1v) is 11.0. The van der Waals surface area contributed by atoms with Gasteiger partial charge < -0.3 is 14.7 Å². The van der Waals surface area contributed by atoms with E-state index in [1.807, 2.05) is 30.3 Å². The number of aliphatic carboxylic acids is 1. The van der Waals surface area contributed by atoms with Crippen LogP contribution in [0.5, 0.6) is 0 Å². The van der Waals surface area contributed by atoms with Crippen molar-refractivity contribution in [1.82, 2.24) is 9.80 Å². The molecular formula is C24H34N2O4. The smallest absolute Gasteiger partial charge is 0.303 e. The van der Waals surface area contributed by atoms with Gasteiger partial charge in [-0.15, -0.1) is 0 Å². The number of ketones is 1. The summed E-state index contributed by atoms with van der Waals surface area (Å²) < 4.78 is 6.25.